The predicted molar refractivity (Wildman–Crippen MR) is 76.7 cm³/mol. The highest BCUT2D eigenvalue weighted by molar-refractivity contribution is 5.53. The van der Waals surface area contributed by atoms with Gasteiger partial charge in [0.2, 0.25) is 0 Å². The molecule has 1 nitrogen and oxygen atoms in total. The largest absolute Gasteiger partial charge is 0.303 e. The minimum atomic E-state index is 0.403. The first-order chi connectivity index (χ1) is 9.36. The molecule has 4 rings (SSSR count). The van der Waals surface area contributed by atoms with Crippen LogP contribution in [-0.4, -0.2) is 6.29 Å². The van der Waals surface area contributed by atoms with Crippen molar-refractivity contribution in [2.24, 2.45) is 41.4 Å². The molecule has 0 heterocycles. The second kappa shape index (κ2) is 4.90. The molecular weight excluding hydrogens is 232 g/mol. The van der Waals surface area contributed by atoms with Gasteiger partial charge in [-0.2, -0.15) is 0 Å². The van der Waals surface area contributed by atoms with Crippen molar-refractivity contribution in [3.05, 3.63) is 0 Å². The third-order valence-electron chi connectivity index (χ3n) is 7.38. The fourth-order valence-electron chi connectivity index (χ4n) is 6.63. The lowest BCUT2D eigenvalue weighted by atomic mass is 9.53. The molecule has 0 N–H and O–H groups in total. The van der Waals surface area contributed by atoms with Crippen LogP contribution in [0.3, 0.4) is 0 Å². The zero-order valence-electron chi connectivity index (χ0n) is 12.1. The Kier molecular flexibility index (Phi) is 3.20. The van der Waals surface area contributed by atoms with E-state index in [1.54, 1.807) is 6.42 Å². The normalized spacial score (nSPS) is 52.9. The molecule has 0 aromatic rings. The molecule has 19 heavy (non-hydrogen) atoms. The van der Waals surface area contributed by atoms with E-state index in [4.69, 9.17) is 0 Å². The van der Waals surface area contributed by atoms with Gasteiger partial charge in [-0.05, 0) is 86.9 Å². The average Bonchev–Trinajstić information content (AvgIpc) is 2.94. The van der Waals surface area contributed by atoms with E-state index in [0.717, 1.165) is 35.5 Å². The molecule has 4 fully saturated rings. The summed E-state index contributed by atoms with van der Waals surface area (Å²) in [4.78, 5) is 11.1. The maximum absolute atomic E-state index is 11.1. The van der Waals surface area contributed by atoms with Crippen LogP contribution in [0.25, 0.3) is 0 Å². The summed E-state index contributed by atoms with van der Waals surface area (Å²) < 4.78 is 0. The first-order valence-electron chi connectivity index (χ1n) is 8.82. The topological polar surface area (TPSA) is 17.1 Å². The summed E-state index contributed by atoms with van der Waals surface area (Å²) in [7, 11) is 0. The molecule has 0 bridgehead atoms. The van der Waals surface area contributed by atoms with Gasteiger partial charge in [0, 0.05) is 5.92 Å². The molecule has 7 atom stereocenters. The quantitative estimate of drug-likeness (QED) is 0.636. The number of fused-ring (bicyclic) bond motifs is 5. The van der Waals surface area contributed by atoms with Gasteiger partial charge in [-0.3, -0.25) is 0 Å². The Morgan fingerprint density at radius 2 is 1.32 bits per heavy atom. The lowest BCUT2D eigenvalue weighted by Gasteiger charge is -2.52. The van der Waals surface area contributed by atoms with E-state index < -0.39 is 0 Å². The lowest BCUT2D eigenvalue weighted by molar-refractivity contribution is -0.114. The molecule has 1 unspecified atom stereocenters. The highest BCUT2D eigenvalue weighted by Crippen LogP contribution is 2.58. The summed E-state index contributed by atoms with van der Waals surface area (Å²) in [5.74, 6) is 6.63. The van der Waals surface area contributed by atoms with Crippen molar-refractivity contribution in [2.45, 2.75) is 64.2 Å². The maximum Gasteiger partial charge on any atom is 0.123 e. The van der Waals surface area contributed by atoms with Gasteiger partial charge in [-0.1, -0.05) is 12.8 Å². The number of carbonyl (C=O) groups excluding carboxylic acids is 1. The van der Waals surface area contributed by atoms with Gasteiger partial charge >= 0.3 is 0 Å². The summed E-state index contributed by atoms with van der Waals surface area (Å²) in [6.07, 6.45) is 15.6. The Morgan fingerprint density at radius 3 is 2.11 bits per heavy atom. The van der Waals surface area contributed by atoms with E-state index in [9.17, 15) is 4.79 Å². The van der Waals surface area contributed by atoms with E-state index >= 15 is 0 Å². The Morgan fingerprint density at radius 1 is 0.632 bits per heavy atom. The molecule has 0 amide bonds. The van der Waals surface area contributed by atoms with Gasteiger partial charge in [0.05, 0.1) is 0 Å². The Hall–Kier alpha value is -0.330. The van der Waals surface area contributed by atoms with E-state index in [0.29, 0.717) is 5.92 Å². The second-order valence-electron chi connectivity index (χ2n) is 7.97. The first kappa shape index (κ1) is 12.4. The number of hydrogen-bond donors (Lipinski definition) is 0. The predicted octanol–water partition coefficient (Wildman–Crippen LogP) is 4.45. The summed E-state index contributed by atoms with van der Waals surface area (Å²) in [6.45, 7) is 0. The van der Waals surface area contributed by atoms with Crippen LogP contribution in [0.4, 0.5) is 0 Å². The Labute approximate surface area is 117 Å². The maximum atomic E-state index is 11.1. The van der Waals surface area contributed by atoms with Crippen molar-refractivity contribution < 1.29 is 4.79 Å². The minimum absolute atomic E-state index is 0.403. The number of hydrogen-bond acceptors (Lipinski definition) is 1. The van der Waals surface area contributed by atoms with Crippen LogP contribution in [0.1, 0.15) is 64.2 Å². The van der Waals surface area contributed by atoms with Crippen molar-refractivity contribution in [1.82, 2.24) is 0 Å². The standard InChI is InChI=1S/C18H28O/c19-11-12-4-7-16-14(10-12)6-9-17-15-3-1-2-13(15)5-8-18(16)17/h11-18H,1-10H2/t12-,13+,14?,15-,16+,17+,18-/m1/s1. The highest BCUT2D eigenvalue weighted by atomic mass is 16.1. The van der Waals surface area contributed by atoms with Crippen molar-refractivity contribution in [3.63, 3.8) is 0 Å². The molecule has 0 saturated heterocycles. The molecule has 0 aromatic heterocycles. The van der Waals surface area contributed by atoms with Crippen LogP contribution < -0.4 is 0 Å². The van der Waals surface area contributed by atoms with Crippen LogP contribution in [0.5, 0.6) is 0 Å². The second-order valence-corrected chi connectivity index (χ2v) is 7.97. The fourth-order valence-corrected chi connectivity index (χ4v) is 6.63. The lowest BCUT2D eigenvalue weighted by Crippen LogP contribution is -2.44. The van der Waals surface area contributed by atoms with Crippen LogP contribution in [0, 0.1) is 41.4 Å². The third kappa shape index (κ3) is 1.99. The minimum Gasteiger partial charge on any atom is -0.303 e. The van der Waals surface area contributed by atoms with Gasteiger partial charge in [0.15, 0.2) is 0 Å². The van der Waals surface area contributed by atoms with E-state index in [-0.39, 0.29) is 0 Å². The summed E-state index contributed by atoms with van der Waals surface area (Å²) >= 11 is 0. The molecule has 1 heteroatoms. The first-order valence-corrected chi connectivity index (χ1v) is 8.82. The highest BCUT2D eigenvalue weighted by Gasteiger charge is 2.49. The number of carbonyl (C=O) groups is 1. The Balaban J connectivity index is 1.51. The van der Waals surface area contributed by atoms with Crippen molar-refractivity contribution in [1.29, 1.82) is 0 Å². The molecule has 106 valence electrons. The van der Waals surface area contributed by atoms with Gasteiger partial charge < -0.3 is 4.79 Å². The van der Waals surface area contributed by atoms with Crippen LogP contribution >= 0.6 is 0 Å². The van der Waals surface area contributed by atoms with Gasteiger partial charge in [-0.25, -0.2) is 0 Å². The van der Waals surface area contributed by atoms with Crippen LogP contribution in [0.2, 0.25) is 0 Å². The molecule has 4 aliphatic carbocycles. The van der Waals surface area contributed by atoms with E-state index in [1.807, 2.05) is 0 Å². The summed E-state index contributed by atoms with van der Waals surface area (Å²) in [5.41, 5.74) is 0. The van der Waals surface area contributed by atoms with E-state index in [2.05, 4.69) is 0 Å². The summed E-state index contributed by atoms with van der Waals surface area (Å²) in [5, 5.41) is 0. The van der Waals surface area contributed by atoms with Crippen molar-refractivity contribution in [3.8, 4) is 0 Å². The van der Waals surface area contributed by atoms with E-state index in [1.165, 1.54) is 64.1 Å². The summed E-state index contributed by atoms with van der Waals surface area (Å²) in [6, 6.07) is 0. The molecule has 4 saturated carbocycles. The third-order valence-corrected chi connectivity index (χ3v) is 7.38. The van der Waals surface area contributed by atoms with Crippen molar-refractivity contribution in [2.75, 3.05) is 0 Å². The van der Waals surface area contributed by atoms with Gasteiger partial charge in [0.1, 0.15) is 6.29 Å². The molecular formula is C18H28O. The Bertz CT molecular complexity index is 350. The zero-order valence-corrected chi connectivity index (χ0v) is 12.1. The molecule has 0 aromatic carbocycles. The average molecular weight is 260 g/mol. The zero-order chi connectivity index (χ0) is 12.8. The molecule has 0 spiro atoms. The smallest absolute Gasteiger partial charge is 0.123 e. The van der Waals surface area contributed by atoms with Gasteiger partial charge in [0.25, 0.3) is 0 Å². The molecule has 0 radical (unpaired) electrons. The number of aldehydes is 1. The number of rotatable bonds is 1. The SMILES string of the molecule is O=C[C@@H]1CC[C@H]2C(CC[C@H]3[C@@H]4CCC[C@H]4CC[C@@H]32)C1. The fraction of sp³-hybridized carbons (Fsp3) is 0.944. The monoisotopic (exact) mass is 260 g/mol. The molecule has 0 aliphatic heterocycles. The molecule has 4 aliphatic rings. The van der Waals surface area contributed by atoms with Crippen molar-refractivity contribution >= 4 is 6.29 Å². The van der Waals surface area contributed by atoms with Gasteiger partial charge in [-0.15, -0.1) is 0 Å². The van der Waals surface area contributed by atoms with Crippen LogP contribution in [0.15, 0.2) is 0 Å². The van der Waals surface area contributed by atoms with Crippen LogP contribution in [-0.2, 0) is 4.79 Å².